The van der Waals surface area contributed by atoms with Crippen LogP contribution in [-0.4, -0.2) is 26.4 Å². The molecule has 1 fully saturated rings. The zero-order valence-electron chi connectivity index (χ0n) is 13.0. The molecular weight excluding hydrogens is 292 g/mol. The molecule has 4 rings (SSSR count). The summed E-state index contributed by atoms with van der Waals surface area (Å²) in [6.07, 6.45) is 3.78. The summed E-state index contributed by atoms with van der Waals surface area (Å²) in [7, 11) is 0. The fraction of sp³-hybridized carbons (Fsp3) is 0.353. The predicted molar refractivity (Wildman–Crippen MR) is 86.0 cm³/mol. The van der Waals surface area contributed by atoms with Crippen LogP contribution in [-0.2, 0) is 6.54 Å². The van der Waals surface area contributed by atoms with Gasteiger partial charge in [0.05, 0.1) is 29.7 Å². The van der Waals surface area contributed by atoms with Gasteiger partial charge in [-0.05, 0) is 38.4 Å². The van der Waals surface area contributed by atoms with Crippen LogP contribution in [0.2, 0.25) is 0 Å². The van der Waals surface area contributed by atoms with Gasteiger partial charge in [-0.15, -0.1) is 0 Å². The largest absolute Gasteiger partial charge is 0.445 e. The maximum absolute atomic E-state index is 12.3. The maximum Gasteiger partial charge on any atom is 0.258 e. The number of oxazole rings is 1. The van der Waals surface area contributed by atoms with Crippen LogP contribution in [0.1, 0.15) is 36.4 Å². The van der Waals surface area contributed by atoms with Crippen molar-refractivity contribution in [3.05, 3.63) is 58.3 Å². The molecule has 1 aliphatic heterocycles. The summed E-state index contributed by atoms with van der Waals surface area (Å²) in [4.78, 5) is 26.4. The molecule has 0 saturated carbocycles. The standard InChI is InChI=1S/C17H18N4O2/c1-11-9-18-15(23-11)10-21-8-4-7-14(21)16-19-13-6-3-2-5-12(13)17(22)20-16/h2-3,5-6,9,14H,4,7-8,10H2,1H3,(H,19,20,22). The highest BCUT2D eigenvalue weighted by atomic mass is 16.4. The second kappa shape index (κ2) is 5.62. The smallest absolute Gasteiger partial charge is 0.258 e. The Kier molecular flexibility index (Phi) is 3.46. The normalized spacial score (nSPS) is 18.7. The van der Waals surface area contributed by atoms with Crippen molar-refractivity contribution in [2.75, 3.05) is 6.54 Å². The molecule has 0 amide bonds. The number of hydrogen-bond donors (Lipinski definition) is 1. The number of aryl methyl sites for hydroxylation is 1. The molecule has 6 heteroatoms. The van der Waals surface area contributed by atoms with E-state index in [-0.39, 0.29) is 11.6 Å². The number of aromatic nitrogens is 3. The van der Waals surface area contributed by atoms with E-state index in [0.717, 1.165) is 36.5 Å². The number of H-pyrrole nitrogens is 1. The van der Waals surface area contributed by atoms with E-state index in [1.54, 1.807) is 12.3 Å². The van der Waals surface area contributed by atoms with E-state index in [9.17, 15) is 4.79 Å². The van der Waals surface area contributed by atoms with Crippen LogP contribution >= 0.6 is 0 Å². The topological polar surface area (TPSA) is 75.0 Å². The van der Waals surface area contributed by atoms with Gasteiger partial charge in [-0.25, -0.2) is 9.97 Å². The minimum Gasteiger partial charge on any atom is -0.445 e. The number of nitrogens with zero attached hydrogens (tertiary/aromatic N) is 3. The fourth-order valence-corrected chi connectivity index (χ4v) is 3.24. The van der Waals surface area contributed by atoms with Gasteiger partial charge in [-0.3, -0.25) is 9.69 Å². The van der Waals surface area contributed by atoms with Gasteiger partial charge in [0.2, 0.25) is 5.89 Å². The third-order valence-corrected chi connectivity index (χ3v) is 4.32. The van der Waals surface area contributed by atoms with E-state index in [4.69, 9.17) is 4.42 Å². The second-order valence-corrected chi connectivity index (χ2v) is 5.96. The van der Waals surface area contributed by atoms with Crippen molar-refractivity contribution < 1.29 is 4.42 Å². The Hall–Kier alpha value is -2.47. The number of para-hydroxylation sites is 1. The summed E-state index contributed by atoms with van der Waals surface area (Å²) in [5.41, 5.74) is 0.662. The summed E-state index contributed by atoms with van der Waals surface area (Å²) in [6, 6.07) is 7.53. The SMILES string of the molecule is Cc1cnc(CN2CCCC2c2nc3ccccc3c(=O)[nH]2)o1. The number of aromatic amines is 1. The zero-order valence-corrected chi connectivity index (χ0v) is 13.0. The number of likely N-dealkylation sites (tertiary alicyclic amines) is 1. The highest BCUT2D eigenvalue weighted by molar-refractivity contribution is 5.77. The van der Waals surface area contributed by atoms with Gasteiger partial charge in [0.15, 0.2) is 0 Å². The lowest BCUT2D eigenvalue weighted by molar-refractivity contribution is 0.215. The molecule has 6 nitrogen and oxygen atoms in total. The molecule has 2 aromatic heterocycles. The van der Waals surface area contributed by atoms with Crippen molar-refractivity contribution in [1.29, 1.82) is 0 Å². The van der Waals surface area contributed by atoms with Gasteiger partial charge >= 0.3 is 0 Å². The van der Waals surface area contributed by atoms with E-state index in [2.05, 4.69) is 19.9 Å². The van der Waals surface area contributed by atoms with Crippen molar-refractivity contribution >= 4 is 10.9 Å². The Morgan fingerprint density at radius 3 is 3.09 bits per heavy atom. The third kappa shape index (κ3) is 2.66. The minimum atomic E-state index is -0.0792. The van der Waals surface area contributed by atoms with Crippen molar-refractivity contribution in [3.8, 4) is 0 Å². The first-order chi connectivity index (χ1) is 11.2. The average Bonchev–Trinajstić information content (AvgIpc) is 3.17. The van der Waals surface area contributed by atoms with Gasteiger partial charge in [-0.2, -0.15) is 0 Å². The lowest BCUT2D eigenvalue weighted by Gasteiger charge is -2.22. The van der Waals surface area contributed by atoms with E-state index in [1.807, 2.05) is 25.1 Å². The van der Waals surface area contributed by atoms with Crippen LogP contribution in [0, 0.1) is 6.92 Å². The molecule has 0 aliphatic carbocycles. The Balaban J connectivity index is 1.67. The lowest BCUT2D eigenvalue weighted by atomic mass is 10.2. The summed E-state index contributed by atoms with van der Waals surface area (Å²) in [5, 5.41) is 0.629. The van der Waals surface area contributed by atoms with Crippen molar-refractivity contribution in [2.24, 2.45) is 0 Å². The molecule has 23 heavy (non-hydrogen) atoms. The fourth-order valence-electron chi connectivity index (χ4n) is 3.24. The molecule has 1 N–H and O–H groups in total. The molecule has 1 saturated heterocycles. The molecule has 3 aromatic rings. The number of rotatable bonds is 3. The quantitative estimate of drug-likeness (QED) is 0.804. The molecule has 3 heterocycles. The van der Waals surface area contributed by atoms with E-state index in [1.165, 1.54) is 0 Å². The molecule has 1 aromatic carbocycles. The van der Waals surface area contributed by atoms with Gasteiger partial charge in [0.1, 0.15) is 11.6 Å². The second-order valence-electron chi connectivity index (χ2n) is 5.96. The molecule has 0 radical (unpaired) electrons. The lowest BCUT2D eigenvalue weighted by Crippen LogP contribution is -2.26. The van der Waals surface area contributed by atoms with Crippen LogP contribution in [0.4, 0.5) is 0 Å². The highest BCUT2D eigenvalue weighted by Gasteiger charge is 2.29. The summed E-state index contributed by atoms with van der Waals surface area (Å²) in [6.45, 7) is 3.47. The first-order valence-corrected chi connectivity index (χ1v) is 7.85. The number of hydrogen-bond acceptors (Lipinski definition) is 5. The summed E-state index contributed by atoms with van der Waals surface area (Å²) in [5.74, 6) is 2.25. The van der Waals surface area contributed by atoms with Crippen LogP contribution in [0.15, 0.2) is 39.7 Å². The third-order valence-electron chi connectivity index (χ3n) is 4.32. The molecule has 0 spiro atoms. The monoisotopic (exact) mass is 310 g/mol. The Morgan fingerprint density at radius 2 is 2.26 bits per heavy atom. The Labute approximate surface area is 133 Å². The number of nitrogens with one attached hydrogen (secondary N) is 1. The highest BCUT2D eigenvalue weighted by Crippen LogP contribution is 2.31. The van der Waals surface area contributed by atoms with Crippen LogP contribution < -0.4 is 5.56 Å². The van der Waals surface area contributed by atoms with E-state index < -0.39 is 0 Å². The molecule has 1 atom stereocenters. The van der Waals surface area contributed by atoms with Crippen molar-refractivity contribution in [3.63, 3.8) is 0 Å². The summed E-state index contributed by atoms with van der Waals surface area (Å²) < 4.78 is 5.58. The molecule has 118 valence electrons. The molecule has 1 aliphatic rings. The zero-order chi connectivity index (χ0) is 15.8. The van der Waals surface area contributed by atoms with Gasteiger partial charge in [0, 0.05) is 0 Å². The van der Waals surface area contributed by atoms with E-state index in [0.29, 0.717) is 17.8 Å². The van der Waals surface area contributed by atoms with Crippen LogP contribution in [0.3, 0.4) is 0 Å². The average molecular weight is 310 g/mol. The number of benzene rings is 1. The van der Waals surface area contributed by atoms with Gasteiger partial charge in [0.25, 0.3) is 5.56 Å². The van der Waals surface area contributed by atoms with Crippen molar-refractivity contribution in [1.82, 2.24) is 19.9 Å². The molecule has 1 unspecified atom stereocenters. The van der Waals surface area contributed by atoms with E-state index >= 15 is 0 Å². The van der Waals surface area contributed by atoms with Crippen LogP contribution in [0.5, 0.6) is 0 Å². The Bertz CT molecular complexity index is 899. The predicted octanol–water partition coefficient (Wildman–Crippen LogP) is 2.56. The Morgan fingerprint density at radius 1 is 1.39 bits per heavy atom. The van der Waals surface area contributed by atoms with Gasteiger partial charge < -0.3 is 9.40 Å². The first kappa shape index (κ1) is 14.1. The summed E-state index contributed by atoms with van der Waals surface area (Å²) >= 11 is 0. The molecule has 0 bridgehead atoms. The van der Waals surface area contributed by atoms with Crippen LogP contribution in [0.25, 0.3) is 10.9 Å². The first-order valence-electron chi connectivity index (χ1n) is 7.85. The number of fused-ring (bicyclic) bond motifs is 1. The van der Waals surface area contributed by atoms with Gasteiger partial charge in [-0.1, -0.05) is 12.1 Å². The minimum absolute atomic E-state index is 0.0792. The molecular formula is C17H18N4O2. The van der Waals surface area contributed by atoms with Crippen molar-refractivity contribution in [2.45, 2.75) is 32.4 Å². The maximum atomic E-state index is 12.3.